The maximum absolute atomic E-state index is 12.6. The van der Waals surface area contributed by atoms with Gasteiger partial charge in [0.1, 0.15) is 4.88 Å². The number of likely N-dealkylation sites (tertiary alicyclic amines) is 1. The molecule has 0 aromatic carbocycles. The smallest absolute Gasteiger partial charge is 0.379 e. The third-order valence-electron chi connectivity index (χ3n) is 3.60. The molecule has 1 fully saturated rings. The molecule has 3 rings (SSSR count). The molecule has 1 aliphatic heterocycles. The van der Waals surface area contributed by atoms with E-state index in [-0.39, 0.29) is 16.8 Å². The Kier molecular flexibility index (Phi) is 4.25. The van der Waals surface area contributed by atoms with Crippen molar-refractivity contribution in [2.24, 2.45) is 0 Å². The molecular formula is C15H14F3N3OS. The van der Waals surface area contributed by atoms with Gasteiger partial charge in [-0.15, -0.1) is 11.3 Å². The molecule has 122 valence electrons. The van der Waals surface area contributed by atoms with E-state index in [1.807, 2.05) is 12.1 Å². The van der Waals surface area contributed by atoms with Crippen molar-refractivity contribution in [3.63, 3.8) is 0 Å². The van der Waals surface area contributed by atoms with Gasteiger partial charge in [0.05, 0.1) is 10.6 Å². The number of hydrogen-bond donors (Lipinski definition) is 1. The number of thiophene rings is 1. The van der Waals surface area contributed by atoms with Crippen LogP contribution >= 0.6 is 11.3 Å². The number of nitrogens with one attached hydrogen (secondary N) is 1. The van der Waals surface area contributed by atoms with Crippen LogP contribution in [0.5, 0.6) is 0 Å². The highest BCUT2D eigenvalue weighted by Gasteiger charge is 2.34. The minimum absolute atomic E-state index is 0.0743. The lowest BCUT2D eigenvalue weighted by Crippen LogP contribution is -2.31. The van der Waals surface area contributed by atoms with Crippen LogP contribution in [0.25, 0.3) is 0 Å². The third kappa shape index (κ3) is 3.64. The molecule has 1 amide bonds. The highest BCUT2D eigenvalue weighted by molar-refractivity contribution is 7.14. The molecule has 0 aliphatic carbocycles. The van der Waals surface area contributed by atoms with E-state index in [9.17, 15) is 18.0 Å². The van der Waals surface area contributed by atoms with Crippen LogP contribution in [-0.2, 0) is 6.18 Å². The Bertz CT molecular complexity index is 687. The van der Waals surface area contributed by atoms with E-state index >= 15 is 0 Å². The zero-order chi connectivity index (χ0) is 16.4. The maximum atomic E-state index is 12.6. The maximum Gasteiger partial charge on any atom is 0.425 e. The van der Waals surface area contributed by atoms with Gasteiger partial charge in [-0.05, 0) is 30.7 Å². The highest BCUT2D eigenvalue weighted by atomic mass is 32.1. The Balaban J connectivity index is 1.62. The van der Waals surface area contributed by atoms with Crippen LogP contribution in [0.2, 0.25) is 0 Å². The highest BCUT2D eigenvalue weighted by Crippen LogP contribution is 2.35. The van der Waals surface area contributed by atoms with Gasteiger partial charge >= 0.3 is 6.18 Å². The van der Waals surface area contributed by atoms with Gasteiger partial charge in [-0.3, -0.25) is 9.78 Å². The number of aromatic nitrogens is 1. The van der Waals surface area contributed by atoms with Crippen molar-refractivity contribution in [1.82, 2.24) is 9.88 Å². The van der Waals surface area contributed by atoms with Crippen molar-refractivity contribution < 1.29 is 18.0 Å². The van der Waals surface area contributed by atoms with Crippen molar-refractivity contribution in [2.45, 2.75) is 18.6 Å². The second-order valence-electron chi connectivity index (χ2n) is 5.28. The Morgan fingerprint density at radius 3 is 2.83 bits per heavy atom. The molecule has 4 nitrogen and oxygen atoms in total. The SMILES string of the molecule is O=C(c1ccc(C(F)(F)F)s1)N1CCC(Nc2cccnc2)C1. The fourth-order valence-corrected chi connectivity index (χ4v) is 3.35. The average molecular weight is 341 g/mol. The van der Waals surface area contributed by atoms with E-state index in [4.69, 9.17) is 0 Å². The van der Waals surface area contributed by atoms with Gasteiger partial charge in [-0.2, -0.15) is 13.2 Å². The van der Waals surface area contributed by atoms with Crippen LogP contribution in [0.3, 0.4) is 0 Å². The second-order valence-corrected chi connectivity index (χ2v) is 6.37. The van der Waals surface area contributed by atoms with Crippen LogP contribution in [0.1, 0.15) is 21.0 Å². The predicted octanol–water partition coefficient (Wildman–Crippen LogP) is 3.49. The number of rotatable bonds is 3. The fourth-order valence-electron chi connectivity index (χ4n) is 2.51. The Labute approximate surface area is 135 Å². The molecule has 1 atom stereocenters. The first-order valence-electron chi connectivity index (χ1n) is 7.06. The van der Waals surface area contributed by atoms with E-state index in [0.717, 1.165) is 18.2 Å². The van der Waals surface area contributed by atoms with Gasteiger partial charge in [0.25, 0.3) is 5.91 Å². The summed E-state index contributed by atoms with van der Waals surface area (Å²) >= 11 is 0.493. The van der Waals surface area contributed by atoms with Crippen LogP contribution in [-0.4, -0.2) is 34.9 Å². The quantitative estimate of drug-likeness (QED) is 0.929. The van der Waals surface area contributed by atoms with Crippen LogP contribution in [0.4, 0.5) is 18.9 Å². The van der Waals surface area contributed by atoms with E-state index in [0.29, 0.717) is 24.4 Å². The van der Waals surface area contributed by atoms with Gasteiger partial charge in [0.15, 0.2) is 0 Å². The zero-order valence-electron chi connectivity index (χ0n) is 12.0. The summed E-state index contributed by atoms with van der Waals surface area (Å²) in [5.41, 5.74) is 0.863. The number of halogens is 3. The van der Waals surface area contributed by atoms with E-state index in [1.165, 1.54) is 6.07 Å². The van der Waals surface area contributed by atoms with Crippen LogP contribution < -0.4 is 5.32 Å². The number of carbonyl (C=O) groups excluding carboxylic acids is 1. The monoisotopic (exact) mass is 341 g/mol. The minimum Gasteiger partial charge on any atom is -0.379 e. The molecule has 8 heteroatoms. The second kappa shape index (κ2) is 6.19. The molecular weight excluding hydrogens is 327 g/mol. The Morgan fingerprint density at radius 2 is 2.17 bits per heavy atom. The van der Waals surface area contributed by atoms with Gasteiger partial charge in [-0.25, -0.2) is 0 Å². The molecule has 0 spiro atoms. The molecule has 3 heterocycles. The molecule has 0 bridgehead atoms. The zero-order valence-corrected chi connectivity index (χ0v) is 12.8. The molecule has 1 N–H and O–H groups in total. The summed E-state index contributed by atoms with van der Waals surface area (Å²) in [4.78, 5) is 17.3. The van der Waals surface area contributed by atoms with Crippen molar-refractivity contribution in [1.29, 1.82) is 0 Å². The molecule has 2 aromatic rings. The largest absolute Gasteiger partial charge is 0.425 e. The van der Waals surface area contributed by atoms with Gasteiger partial charge in [-0.1, -0.05) is 0 Å². The molecule has 1 unspecified atom stereocenters. The number of amides is 1. The third-order valence-corrected chi connectivity index (χ3v) is 4.72. The summed E-state index contributed by atoms with van der Waals surface area (Å²) in [6.45, 7) is 0.989. The van der Waals surface area contributed by atoms with E-state index < -0.39 is 11.1 Å². The van der Waals surface area contributed by atoms with Crippen LogP contribution in [0.15, 0.2) is 36.7 Å². The molecule has 2 aromatic heterocycles. The summed E-state index contributed by atoms with van der Waals surface area (Å²) in [5, 5.41) is 3.27. The van der Waals surface area contributed by atoms with Gasteiger partial charge in [0, 0.05) is 31.5 Å². The standard InChI is InChI=1S/C15H14F3N3OS/c16-15(17,18)13-4-3-12(23-13)14(22)21-7-5-11(9-21)20-10-2-1-6-19-8-10/h1-4,6,8,11,20H,5,7,9H2. The first kappa shape index (κ1) is 15.8. The normalized spacial score (nSPS) is 18.2. The van der Waals surface area contributed by atoms with Crippen LogP contribution in [0, 0.1) is 0 Å². The topological polar surface area (TPSA) is 45.2 Å². The predicted molar refractivity (Wildman–Crippen MR) is 81.5 cm³/mol. The lowest BCUT2D eigenvalue weighted by molar-refractivity contribution is -0.134. The summed E-state index contributed by atoms with van der Waals surface area (Å²) in [6.07, 6.45) is -0.291. The summed E-state index contributed by atoms with van der Waals surface area (Å²) < 4.78 is 37.8. The number of anilines is 1. The van der Waals surface area contributed by atoms with Gasteiger partial charge in [0.2, 0.25) is 0 Å². The average Bonchev–Trinajstić information content (AvgIpc) is 3.16. The molecule has 1 aliphatic rings. The number of nitrogens with zero attached hydrogens (tertiary/aromatic N) is 2. The number of alkyl halides is 3. The van der Waals surface area contributed by atoms with Gasteiger partial charge < -0.3 is 10.2 Å². The van der Waals surface area contributed by atoms with Crippen molar-refractivity contribution >= 4 is 22.9 Å². The minimum atomic E-state index is -4.40. The number of pyridine rings is 1. The van der Waals surface area contributed by atoms with Crippen molar-refractivity contribution in [3.05, 3.63) is 46.4 Å². The first-order valence-corrected chi connectivity index (χ1v) is 7.88. The van der Waals surface area contributed by atoms with Crippen molar-refractivity contribution in [3.8, 4) is 0 Å². The lowest BCUT2D eigenvalue weighted by atomic mass is 10.2. The molecule has 0 radical (unpaired) electrons. The summed E-state index contributed by atoms with van der Waals surface area (Å²) in [6, 6.07) is 5.97. The Morgan fingerprint density at radius 1 is 1.35 bits per heavy atom. The summed E-state index contributed by atoms with van der Waals surface area (Å²) in [7, 11) is 0. The summed E-state index contributed by atoms with van der Waals surface area (Å²) in [5.74, 6) is -0.346. The molecule has 23 heavy (non-hydrogen) atoms. The van der Waals surface area contributed by atoms with E-state index in [1.54, 1.807) is 17.3 Å². The lowest BCUT2D eigenvalue weighted by Gasteiger charge is -2.17. The molecule has 0 saturated carbocycles. The fraction of sp³-hybridized carbons (Fsp3) is 0.333. The Hall–Kier alpha value is -2.09. The first-order chi connectivity index (χ1) is 10.9. The van der Waals surface area contributed by atoms with E-state index in [2.05, 4.69) is 10.3 Å². The molecule has 1 saturated heterocycles. The number of carbonyl (C=O) groups is 1. The van der Waals surface area contributed by atoms with Crippen molar-refractivity contribution in [2.75, 3.05) is 18.4 Å². The number of hydrogen-bond acceptors (Lipinski definition) is 4.